The van der Waals surface area contributed by atoms with Crippen LogP contribution in [-0.4, -0.2) is 43.4 Å². The van der Waals surface area contributed by atoms with E-state index in [4.69, 9.17) is 14.6 Å². The molecular weight excluding hydrogens is 444 g/mol. The average Bonchev–Trinajstić information content (AvgIpc) is 3.26. The number of H-pyrrole nitrogens is 1. The molecule has 168 valence electrons. The Balaban J connectivity index is 1.78. The quantitative estimate of drug-likeness (QED) is 0.316. The van der Waals surface area contributed by atoms with Gasteiger partial charge in [-0.15, -0.1) is 0 Å². The lowest BCUT2D eigenvalue weighted by Gasteiger charge is -2.15. The average molecular weight is 465 g/mol. The van der Waals surface area contributed by atoms with Gasteiger partial charge in [-0.05, 0) is 42.5 Å². The van der Waals surface area contributed by atoms with Gasteiger partial charge in [0.1, 0.15) is 17.3 Å². The molecule has 0 amide bonds. The largest absolute Gasteiger partial charge is 0.496 e. The van der Waals surface area contributed by atoms with Crippen LogP contribution >= 0.6 is 0 Å². The van der Waals surface area contributed by atoms with Gasteiger partial charge < -0.3 is 14.5 Å². The first-order valence-corrected chi connectivity index (χ1v) is 11.2. The number of Topliss-reactive ketones (excluding diaryl/α,β-unsaturated/α-hetero) is 1. The summed E-state index contributed by atoms with van der Waals surface area (Å²) in [7, 11) is -0.873. The number of carbonyl (C=O) groups is 1. The van der Waals surface area contributed by atoms with Crippen LogP contribution in [0.1, 0.15) is 15.9 Å². The number of pyridine rings is 1. The zero-order chi connectivity index (χ0) is 23.8. The Hall–Kier alpha value is -4.02. The Morgan fingerprint density at radius 2 is 1.76 bits per heavy atom. The first-order chi connectivity index (χ1) is 15.7. The summed E-state index contributed by atoms with van der Waals surface area (Å²) in [5.41, 5.74) is 2.70. The Morgan fingerprint density at radius 3 is 2.36 bits per heavy atom. The number of aromatic nitrogens is 3. The molecule has 0 aliphatic rings. The van der Waals surface area contributed by atoms with Crippen LogP contribution in [-0.2, 0) is 10.0 Å². The molecule has 0 saturated carbocycles. The molecule has 0 unspecified atom stereocenters. The summed E-state index contributed by atoms with van der Waals surface area (Å²) >= 11 is 0. The van der Waals surface area contributed by atoms with Crippen molar-refractivity contribution in [2.24, 2.45) is 5.14 Å². The second kappa shape index (κ2) is 8.49. The Morgan fingerprint density at radius 1 is 1.06 bits per heavy atom. The lowest BCUT2D eigenvalue weighted by atomic mass is 9.95. The van der Waals surface area contributed by atoms with E-state index in [-0.39, 0.29) is 16.0 Å². The van der Waals surface area contributed by atoms with Gasteiger partial charge in [0.25, 0.3) is 0 Å². The second-order valence-corrected chi connectivity index (χ2v) is 8.65. The molecular formula is C23H20N4O5S. The maximum atomic E-state index is 13.1. The van der Waals surface area contributed by atoms with Crippen molar-refractivity contribution in [3.8, 4) is 22.9 Å². The molecule has 0 atom stereocenters. The number of primary sulfonamides is 1. The topological polar surface area (TPSA) is 137 Å². The maximum absolute atomic E-state index is 13.1. The van der Waals surface area contributed by atoms with E-state index in [0.29, 0.717) is 34.1 Å². The smallest absolute Gasteiger partial charge is 0.238 e. The first kappa shape index (κ1) is 22.2. The minimum atomic E-state index is -3.87. The van der Waals surface area contributed by atoms with Crippen LogP contribution in [0.25, 0.3) is 28.1 Å². The van der Waals surface area contributed by atoms with Crippen molar-refractivity contribution in [3.05, 3.63) is 72.4 Å². The Labute approximate surface area is 190 Å². The van der Waals surface area contributed by atoms with Gasteiger partial charge in [-0.1, -0.05) is 6.58 Å². The van der Waals surface area contributed by atoms with E-state index < -0.39 is 15.8 Å². The minimum absolute atomic E-state index is 0.0903. The van der Waals surface area contributed by atoms with Crippen molar-refractivity contribution in [2.75, 3.05) is 14.2 Å². The van der Waals surface area contributed by atoms with E-state index in [0.717, 1.165) is 5.52 Å². The molecule has 10 heteroatoms. The number of hydrogen-bond donors (Lipinski definition) is 2. The summed E-state index contributed by atoms with van der Waals surface area (Å²) < 4.78 is 34.0. The van der Waals surface area contributed by atoms with Crippen LogP contribution in [0.3, 0.4) is 0 Å². The predicted octanol–water partition coefficient (Wildman–Crippen LogP) is 3.19. The molecule has 0 fully saturated rings. The molecule has 4 rings (SSSR count). The van der Waals surface area contributed by atoms with Crippen LogP contribution < -0.4 is 14.6 Å². The number of aromatic amines is 1. The van der Waals surface area contributed by atoms with Crippen LogP contribution in [0.4, 0.5) is 0 Å². The third-order valence-corrected chi connectivity index (χ3v) is 6.01. The van der Waals surface area contributed by atoms with Crippen molar-refractivity contribution < 1.29 is 22.7 Å². The summed E-state index contributed by atoms with van der Waals surface area (Å²) in [5, 5.41) is 5.13. The third kappa shape index (κ3) is 4.21. The van der Waals surface area contributed by atoms with Crippen LogP contribution in [0.5, 0.6) is 11.5 Å². The van der Waals surface area contributed by atoms with Gasteiger partial charge in [0.05, 0.1) is 30.2 Å². The first-order valence-electron chi connectivity index (χ1n) is 9.67. The molecule has 3 N–H and O–H groups in total. The number of nitrogens with one attached hydrogen (secondary N) is 1. The standard InChI is InChI=1S/C23H20N4O5S/c1-13(21(28)14-6-8-15(9-7-14)33(24,29)30)16-11-17(20(32-3)12-19(16)31-2)22-26-18-5-4-10-25-23(18)27-22/h4-12H,1H2,2-3H3,(H2,24,29,30)(H,25,26,27). The van der Waals surface area contributed by atoms with Gasteiger partial charge >= 0.3 is 0 Å². The summed E-state index contributed by atoms with van der Waals surface area (Å²) in [6, 6.07) is 12.3. The van der Waals surface area contributed by atoms with Gasteiger partial charge in [-0.3, -0.25) is 4.79 Å². The van der Waals surface area contributed by atoms with Gasteiger partial charge in [0, 0.05) is 29.0 Å². The number of methoxy groups -OCH3 is 2. The molecule has 0 saturated heterocycles. The minimum Gasteiger partial charge on any atom is -0.496 e. The van der Waals surface area contributed by atoms with Crippen molar-refractivity contribution >= 4 is 32.5 Å². The third-order valence-electron chi connectivity index (χ3n) is 5.08. The highest BCUT2D eigenvalue weighted by Gasteiger charge is 2.22. The van der Waals surface area contributed by atoms with Gasteiger partial charge in [-0.25, -0.2) is 23.5 Å². The van der Waals surface area contributed by atoms with E-state index in [1.54, 1.807) is 24.4 Å². The molecule has 0 aliphatic heterocycles. The molecule has 2 aromatic carbocycles. The van der Waals surface area contributed by atoms with Gasteiger partial charge in [0.2, 0.25) is 10.0 Å². The fraction of sp³-hybridized carbons (Fsp3) is 0.0870. The second-order valence-electron chi connectivity index (χ2n) is 7.09. The highest BCUT2D eigenvalue weighted by molar-refractivity contribution is 7.89. The van der Waals surface area contributed by atoms with Gasteiger partial charge in [0.15, 0.2) is 11.4 Å². The van der Waals surface area contributed by atoms with E-state index in [2.05, 4.69) is 21.5 Å². The van der Waals surface area contributed by atoms with Crippen LogP contribution in [0.2, 0.25) is 0 Å². The van der Waals surface area contributed by atoms with Crippen molar-refractivity contribution in [2.45, 2.75) is 4.90 Å². The number of nitrogens with zero attached hydrogens (tertiary/aromatic N) is 2. The number of fused-ring (bicyclic) bond motifs is 1. The molecule has 0 radical (unpaired) electrons. The van der Waals surface area contributed by atoms with Crippen LogP contribution in [0, 0.1) is 0 Å². The molecule has 0 bridgehead atoms. The number of imidazole rings is 1. The van der Waals surface area contributed by atoms with E-state index >= 15 is 0 Å². The van der Waals surface area contributed by atoms with Crippen molar-refractivity contribution in [1.82, 2.24) is 15.0 Å². The normalized spacial score (nSPS) is 11.4. The van der Waals surface area contributed by atoms with Gasteiger partial charge in [-0.2, -0.15) is 0 Å². The molecule has 9 nitrogen and oxygen atoms in total. The Bertz CT molecular complexity index is 1460. The van der Waals surface area contributed by atoms with E-state index in [9.17, 15) is 13.2 Å². The fourth-order valence-corrected chi connectivity index (χ4v) is 3.90. The molecule has 0 spiro atoms. The number of carbonyl (C=O) groups excluding carboxylic acids is 1. The SMILES string of the molecule is C=C(C(=O)c1ccc(S(N)(=O)=O)cc1)c1cc(-c2nc3ncccc3[nH]2)c(OC)cc1OC. The monoisotopic (exact) mass is 464 g/mol. The van der Waals surface area contributed by atoms with E-state index in [1.165, 1.54) is 38.5 Å². The number of nitrogens with two attached hydrogens (primary N) is 1. The van der Waals surface area contributed by atoms with E-state index in [1.807, 2.05) is 6.07 Å². The number of ether oxygens (including phenoxy) is 2. The lowest BCUT2D eigenvalue weighted by Crippen LogP contribution is -2.12. The zero-order valence-corrected chi connectivity index (χ0v) is 18.6. The van der Waals surface area contributed by atoms with Crippen molar-refractivity contribution in [1.29, 1.82) is 0 Å². The number of hydrogen-bond acceptors (Lipinski definition) is 7. The fourth-order valence-electron chi connectivity index (χ4n) is 3.38. The number of benzene rings is 2. The highest BCUT2D eigenvalue weighted by atomic mass is 32.2. The number of sulfonamides is 1. The predicted molar refractivity (Wildman–Crippen MR) is 124 cm³/mol. The molecule has 2 heterocycles. The number of allylic oxidation sites excluding steroid dienone is 1. The molecule has 4 aromatic rings. The molecule has 0 aliphatic carbocycles. The molecule has 2 aromatic heterocycles. The summed E-state index contributed by atoms with van der Waals surface area (Å²) in [5.74, 6) is 0.954. The summed E-state index contributed by atoms with van der Waals surface area (Å²) in [6.45, 7) is 3.96. The van der Waals surface area contributed by atoms with Crippen molar-refractivity contribution in [3.63, 3.8) is 0 Å². The number of rotatable bonds is 7. The van der Waals surface area contributed by atoms with Crippen LogP contribution in [0.15, 0.2) is 66.2 Å². The molecule has 33 heavy (non-hydrogen) atoms. The lowest BCUT2D eigenvalue weighted by molar-refractivity contribution is 0.105. The Kier molecular flexibility index (Phi) is 5.71. The highest BCUT2D eigenvalue weighted by Crippen LogP contribution is 2.38. The summed E-state index contributed by atoms with van der Waals surface area (Å²) in [4.78, 5) is 25.0. The maximum Gasteiger partial charge on any atom is 0.238 e. The zero-order valence-electron chi connectivity index (χ0n) is 17.8. The summed E-state index contributed by atoms with van der Waals surface area (Å²) in [6.07, 6.45) is 1.64. The number of ketones is 1.